The number of nitrogens with zero attached hydrogens (tertiary/aromatic N) is 2. The molecular formula is C18H24N2O4S. The third kappa shape index (κ3) is 4.41. The lowest BCUT2D eigenvalue weighted by molar-refractivity contribution is -0.133. The Balaban J connectivity index is 1.68. The topological polar surface area (TPSA) is 66.9 Å². The lowest BCUT2D eigenvalue weighted by Crippen LogP contribution is -2.46. The van der Waals surface area contributed by atoms with Gasteiger partial charge in [0, 0.05) is 31.2 Å². The van der Waals surface area contributed by atoms with Crippen molar-refractivity contribution in [3.63, 3.8) is 0 Å². The first-order valence-corrected chi connectivity index (χ1v) is 10.3. The Morgan fingerprint density at radius 3 is 2.92 bits per heavy atom. The lowest BCUT2D eigenvalue weighted by atomic mass is 10.2. The summed E-state index contributed by atoms with van der Waals surface area (Å²) in [5, 5.41) is 0. The molecule has 1 saturated heterocycles. The number of fused-ring (bicyclic) bond motifs is 1. The third-order valence-electron chi connectivity index (χ3n) is 4.69. The Kier molecular flexibility index (Phi) is 5.44. The first-order chi connectivity index (χ1) is 12.0. The van der Waals surface area contributed by atoms with Crippen LogP contribution < -0.4 is 4.74 Å². The summed E-state index contributed by atoms with van der Waals surface area (Å²) >= 11 is 0. The van der Waals surface area contributed by atoms with Crippen LogP contribution in [0.1, 0.15) is 12.0 Å². The maximum atomic E-state index is 12.8. The number of hydrogen-bond acceptors (Lipinski definition) is 5. The molecule has 0 unspecified atom stereocenters. The molecule has 0 aromatic heterocycles. The highest BCUT2D eigenvalue weighted by atomic mass is 32.2. The first kappa shape index (κ1) is 17.9. The number of ether oxygens (including phenoxy) is 1. The van der Waals surface area contributed by atoms with E-state index in [1.165, 1.54) is 0 Å². The van der Waals surface area contributed by atoms with Crippen molar-refractivity contribution < 1.29 is 17.9 Å². The molecule has 2 aliphatic heterocycles. The summed E-state index contributed by atoms with van der Waals surface area (Å²) in [4.78, 5) is 16.5. The Morgan fingerprint density at radius 1 is 1.40 bits per heavy atom. The summed E-state index contributed by atoms with van der Waals surface area (Å²) in [6.45, 7) is 6.17. The van der Waals surface area contributed by atoms with Crippen molar-refractivity contribution in [2.45, 2.75) is 19.0 Å². The van der Waals surface area contributed by atoms with E-state index in [-0.39, 0.29) is 30.0 Å². The number of sulfone groups is 1. The summed E-state index contributed by atoms with van der Waals surface area (Å²) in [7, 11) is -3.03. The molecule has 1 aromatic carbocycles. The lowest BCUT2D eigenvalue weighted by Gasteiger charge is -2.29. The molecular weight excluding hydrogens is 340 g/mol. The monoisotopic (exact) mass is 364 g/mol. The Hall–Kier alpha value is -1.86. The van der Waals surface area contributed by atoms with Crippen LogP contribution in [0.3, 0.4) is 0 Å². The van der Waals surface area contributed by atoms with Crippen molar-refractivity contribution in [1.29, 1.82) is 0 Å². The smallest absolute Gasteiger partial charge is 0.237 e. The van der Waals surface area contributed by atoms with Crippen molar-refractivity contribution >= 4 is 15.7 Å². The summed E-state index contributed by atoms with van der Waals surface area (Å²) in [6.07, 6.45) is 2.16. The predicted octanol–water partition coefficient (Wildman–Crippen LogP) is 1.08. The molecule has 0 bridgehead atoms. The summed E-state index contributed by atoms with van der Waals surface area (Å²) < 4.78 is 29.2. The summed E-state index contributed by atoms with van der Waals surface area (Å²) in [5.41, 5.74) is 1.06. The van der Waals surface area contributed by atoms with E-state index in [1.807, 2.05) is 29.2 Å². The van der Waals surface area contributed by atoms with E-state index >= 15 is 0 Å². The van der Waals surface area contributed by atoms with Crippen LogP contribution in [0, 0.1) is 0 Å². The van der Waals surface area contributed by atoms with E-state index < -0.39 is 9.84 Å². The SMILES string of the molecule is C=CCN(C(=O)CN1CCOc2ccccc2C1)[C@H]1CCS(=O)(=O)C1. The minimum absolute atomic E-state index is 0.0541. The van der Waals surface area contributed by atoms with Crippen molar-refractivity contribution in [3.8, 4) is 5.75 Å². The van der Waals surface area contributed by atoms with Crippen molar-refractivity contribution in [1.82, 2.24) is 9.80 Å². The second-order valence-electron chi connectivity index (χ2n) is 6.56. The zero-order chi connectivity index (χ0) is 17.9. The standard InChI is InChI=1S/C18H24N2O4S/c1-2-8-20(16-7-11-25(22,23)14-16)18(21)13-19-9-10-24-17-6-4-3-5-15(17)12-19/h2-6,16H,1,7-14H2/t16-/m0/s1. The van der Waals surface area contributed by atoms with Gasteiger partial charge in [0.15, 0.2) is 9.84 Å². The number of hydrogen-bond donors (Lipinski definition) is 0. The van der Waals surface area contributed by atoms with Crippen molar-refractivity contribution in [3.05, 3.63) is 42.5 Å². The summed E-state index contributed by atoms with van der Waals surface area (Å²) in [5.74, 6) is 1.02. The number of carbonyl (C=O) groups is 1. The van der Waals surface area contributed by atoms with Crippen LogP contribution in [0.5, 0.6) is 5.75 Å². The van der Waals surface area contributed by atoms with Crippen LogP contribution in [0.4, 0.5) is 0 Å². The van der Waals surface area contributed by atoms with Crippen LogP contribution in [0.15, 0.2) is 36.9 Å². The van der Waals surface area contributed by atoms with Gasteiger partial charge in [0.05, 0.1) is 18.1 Å². The minimum atomic E-state index is -3.03. The fourth-order valence-electron chi connectivity index (χ4n) is 3.41. The van der Waals surface area contributed by atoms with E-state index in [9.17, 15) is 13.2 Å². The zero-order valence-electron chi connectivity index (χ0n) is 14.3. The molecule has 7 heteroatoms. The van der Waals surface area contributed by atoms with Gasteiger partial charge in [0.1, 0.15) is 12.4 Å². The van der Waals surface area contributed by atoms with Gasteiger partial charge in [-0.25, -0.2) is 8.42 Å². The van der Waals surface area contributed by atoms with Crippen LogP contribution in [-0.2, 0) is 21.2 Å². The van der Waals surface area contributed by atoms with Crippen LogP contribution >= 0.6 is 0 Å². The highest BCUT2D eigenvalue weighted by Crippen LogP contribution is 2.23. The Morgan fingerprint density at radius 2 is 2.20 bits per heavy atom. The van der Waals surface area contributed by atoms with Crippen LogP contribution in [0.2, 0.25) is 0 Å². The Labute approximate surface area is 149 Å². The van der Waals surface area contributed by atoms with Gasteiger partial charge in [0.25, 0.3) is 0 Å². The third-order valence-corrected chi connectivity index (χ3v) is 6.44. The van der Waals surface area contributed by atoms with Crippen LogP contribution in [0.25, 0.3) is 0 Å². The van der Waals surface area contributed by atoms with Gasteiger partial charge in [-0.05, 0) is 12.5 Å². The van der Waals surface area contributed by atoms with E-state index in [0.717, 1.165) is 11.3 Å². The second-order valence-corrected chi connectivity index (χ2v) is 8.79. The van der Waals surface area contributed by atoms with Gasteiger partial charge >= 0.3 is 0 Å². The quantitative estimate of drug-likeness (QED) is 0.732. The molecule has 1 atom stereocenters. The number of rotatable bonds is 5. The highest BCUT2D eigenvalue weighted by molar-refractivity contribution is 7.91. The molecule has 2 aliphatic rings. The highest BCUT2D eigenvalue weighted by Gasteiger charge is 2.34. The molecule has 0 spiro atoms. The average Bonchev–Trinajstić information content (AvgIpc) is 2.80. The second kappa shape index (κ2) is 7.58. The average molecular weight is 364 g/mol. The summed E-state index contributed by atoms with van der Waals surface area (Å²) in [6, 6.07) is 7.59. The van der Waals surface area contributed by atoms with Gasteiger partial charge in [-0.2, -0.15) is 0 Å². The molecule has 136 valence electrons. The van der Waals surface area contributed by atoms with E-state index in [0.29, 0.717) is 32.7 Å². The van der Waals surface area contributed by atoms with E-state index in [1.54, 1.807) is 11.0 Å². The molecule has 1 fully saturated rings. The van der Waals surface area contributed by atoms with Crippen molar-refractivity contribution in [2.75, 3.05) is 37.7 Å². The largest absolute Gasteiger partial charge is 0.492 e. The molecule has 25 heavy (non-hydrogen) atoms. The molecule has 0 aliphatic carbocycles. The fourth-order valence-corrected chi connectivity index (χ4v) is 5.14. The maximum Gasteiger partial charge on any atom is 0.237 e. The zero-order valence-corrected chi connectivity index (χ0v) is 15.1. The normalized spacial score (nSPS) is 22.5. The molecule has 1 aromatic rings. The minimum Gasteiger partial charge on any atom is -0.492 e. The van der Waals surface area contributed by atoms with E-state index in [2.05, 4.69) is 6.58 Å². The van der Waals surface area contributed by atoms with Gasteiger partial charge in [0.2, 0.25) is 5.91 Å². The number of carbonyl (C=O) groups excluding carboxylic acids is 1. The molecule has 1 amide bonds. The Bertz CT molecular complexity index is 747. The van der Waals surface area contributed by atoms with Gasteiger partial charge < -0.3 is 9.64 Å². The molecule has 3 rings (SSSR count). The maximum absolute atomic E-state index is 12.8. The van der Waals surface area contributed by atoms with E-state index in [4.69, 9.17) is 4.74 Å². The molecule has 6 nitrogen and oxygen atoms in total. The number of benzene rings is 1. The van der Waals surface area contributed by atoms with Gasteiger partial charge in [-0.15, -0.1) is 6.58 Å². The molecule has 0 N–H and O–H groups in total. The van der Waals surface area contributed by atoms with Crippen LogP contribution in [-0.4, -0.2) is 67.9 Å². The fraction of sp³-hybridized carbons (Fsp3) is 0.500. The molecule has 2 heterocycles. The van der Waals surface area contributed by atoms with Gasteiger partial charge in [-0.3, -0.25) is 9.69 Å². The molecule has 0 saturated carbocycles. The molecule has 0 radical (unpaired) electrons. The predicted molar refractivity (Wildman–Crippen MR) is 96.2 cm³/mol. The first-order valence-electron chi connectivity index (χ1n) is 8.52. The number of para-hydroxylation sites is 1. The van der Waals surface area contributed by atoms with Crippen molar-refractivity contribution in [2.24, 2.45) is 0 Å². The van der Waals surface area contributed by atoms with Gasteiger partial charge in [-0.1, -0.05) is 24.3 Å². The number of amides is 1.